The number of aliphatic imine (C=N–C) groups is 1. The lowest BCUT2D eigenvalue weighted by molar-refractivity contribution is 0.639. The number of nitrogens with two attached hydrogens (primary N) is 1. The van der Waals surface area contributed by atoms with Gasteiger partial charge in [-0.1, -0.05) is 6.07 Å². The van der Waals surface area contributed by atoms with Crippen molar-refractivity contribution in [1.29, 1.82) is 5.41 Å². The van der Waals surface area contributed by atoms with E-state index < -0.39 is 0 Å². The van der Waals surface area contributed by atoms with E-state index in [1.54, 1.807) is 30.6 Å². The van der Waals surface area contributed by atoms with Gasteiger partial charge >= 0.3 is 0 Å². The van der Waals surface area contributed by atoms with Crippen LogP contribution in [0.3, 0.4) is 0 Å². The van der Waals surface area contributed by atoms with Gasteiger partial charge in [0.05, 0.1) is 22.1 Å². The van der Waals surface area contributed by atoms with Gasteiger partial charge in [0.2, 0.25) is 0 Å². The fourth-order valence-corrected chi connectivity index (χ4v) is 4.16. The van der Waals surface area contributed by atoms with Gasteiger partial charge in [0.15, 0.2) is 0 Å². The zero-order valence-electron chi connectivity index (χ0n) is 18.0. The Kier molecular flexibility index (Phi) is 4.90. The van der Waals surface area contributed by atoms with E-state index in [4.69, 9.17) is 16.1 Å². The molecule has 0 atom stereocenters. The van der Waals surface area contributed by atoms with Crippen molar-refractivity contribution < 1.29 is 4.39 Å². The number of pyridine rings is 2. The SMILES string of the molecule is Cc1cc(-c2cc(C(N)=NC=N)c3nc(C)n(-c4ccnc5cccc(F)c45)c3c2)ccn1. The number of hydrogen-bond acceptors (Lipinski definition) is 4. The van der Waals surface area contributed by atoms with Gasteiger partial charge in [-0.05, 0) is 67.4 Å². The molecule has 7 nitrogen and oxygen atoms in total. The van der Waals surface area contributed by atoms with Gasteiger partial charge in [-0.15, -0.1) is 0 Å². The minimum Gasteiger partial charge on any atom is -0.383 e. The summed E-state index contributed by atoms with van der Waals surface area (Å²) in [7, 11) is 0. The molecule has 3 heterocycles. The topological polar surface area (TPSA) is 106 Å². The molecule has 8 heteroatoms. The number of nitrogens with one attached hydrogen (secondary N) is 1. The molecule has 0 aliphatic carbocycles. The maximum atomic E-state index is 14.9. The Morgan fingerprint density at radius 3 is 2.67 bits per heavy atom. The van der Waals surface area contributed by atoms with E-state index in [0.29, 0.717) is 33.5 Å². The van der Waals surface area contributed by atoms with Crippen LogP contribution in [0.4, 0.5) is 4.39 Å². The molecule has 33 heavy (non-hydrogen) atoms. The highest BCUT2D eigenvalue weighted by Gasteiger charge is 2.19. The number of nitrogens with zero attached hydrogens (tertiary/aromatic N) is 5. The smallest absolute Gasteiger partial charge is 0.134 e. The predicted molar refractivity (Wildman–Crippen MR) is 129 cm³/mol. The number of hydrogen-bond donors (Lipinski definition) is 2. The molecule has 5 aromatic rings. The highest BCUT2D eigenvalue weighted by atomic mass is 19.1. The molecule has 0 unspecified atom stereocenters. The van der Waals surface area contributed by atoms with Crippen molar-refractivity contribution in [3.63, 3.8) is 0 Å². The number of fused-ring (bicyclic) bond motifs is 2. The molecule has 5 rings (SSSR count). The van der Waals surface area contributed by atoms with Gasteiger partial charge < -0.3 is 5.73 Å². The molecule has 0 aliphatic rings. The first-order chi connectivity index (χ1) is 16.0. The van der Waals surface area contributed by atoms with Crippen LogP contribution in [0.15, 0.2) is 65.9 Å². The Bertz CT molecular complexity index is 1580. The summed E-state index contributed by atoms with van der Waals surface area (Å²) in [6, 6.07) is 14.4. The van der Waals surface area contributed by atoms with Crippen LogP contribution < -0.4 is 5.73 Å². The molecule has 0 saturated carbocycles. The maximum Gasteiger partial charge on any atom is 0.134 e. The minimum absolute atomic E-state index is 0.179. The Labute approximate surface area is 189 Å². The van der Waals surface area contributed by atoms with Crippen molar-refractivity contribution in [3.8, 4) is 16.8 Å². The summed E-state index contributed by atoms with van der Waals surface area (Å²) in [5.41, 5.74) is 12.1. The summed E-state index contributed by atoms with van der Waals surface area (Å²) in [6.07, 6.45) is 4.31. The van der Waals surface area contributed by atoms with Crippen LogP contribution in [0.5, 0.6) is 0 Å². The van der Waals surface area contributed by atoms with E-state index in [2.05, 4.69) is 15.0 Å². The number of imidazole rings is 1. The number of aromatic nitrogens is 4. The Hall–Kier alpha value is -4.46. The zero-order valence-corrected chi connectivity index (χ0v) is 18.0. The first-order valence-electron chi connectivity index (χ1n) is 10.3. The maximum absolute atomic E-state index is 14.9. The standard InChI is InChI=1S/C25H20FN7/c1-14-10-16(6-8-29-14)17-11-18(25(28)31-13-27)24-22(12-17)33(15(2)32-24)21-7-9-30-20-5-3-4-19(26)23(20)21/h3-13H,1-2H3,(H3,27,28,31). The highest BCUT2D eigenvalue weighted by Crippen LogP contribution is 2.33. The Balaban J connectivity index is 1.90. The lowest BCUT2D eigenvalue weighted by atomic mass is 10.0. The molecule has 162 valence electrons. The summed E-state index contributed by atoms with van der Waals surface area (Å²) in [5.74, 6) is 0.480. The van der Waals surface area contributed by atoms with Crippen molar-refractivity contribution in [1.82, 2.24) is 19.5 Å². The van der Waals surface area contributed by atoms with E-state index in [9.17, 15) is 4.39 Å². The average Bonchev–Trinajstić information content (AvgIpc) is 3.14. The molecule has 0 spiro atoms. The van der Waals surface area contributed by atoms with Crippen molar-refractivity contribution in [3.05, 3.63) is 83.8 Å². The number of aryl methyl sites for hydroxylation is 2. The quantitative estimate of drug-likeness (QED) is 0.314. The lowest BCUT2D eigenvalue weighted by Gasteiger charge is -2.13. The molecule has 2 aromatic carbocycles. The minimum atomic E-state index is -0.358. The normalized spacial score (nSPS) is 11.9. The molecule has 3 aromatic heterocycles. The van der Waals surface area contributed by atoms with Crippen molar-refractivity contribution in [2.75, 3.05) is 0 Å². The Morgan fingerprint density at radius 2 is 1.88 bits per heavy atom. The molecular weight excluding hydrogens is 417 g/mol. The zero-order chi connectivity index (χ0) is 23.1. The molecular formula is C25H20FN7. The van der Waals surface area contributed by atoms with Gasteiger partial charge in [0.25, 0.3) is 0 Å². The van der Waals surface area contributed by atoms with Gasteiger partial charge in [-0.25, -0.2) is 14.4 Å². The third-order valence-electron chi connectivity index (χ3n) is 5.57. The fourth-order valence-electron chi connectivity index (χ4n) is 4.16. The second-order valence-electron chi connectivity index (χ2n) is 7.68. The molecule has 0 amide bonds. The monoisotopic (exact) mass is 437 g/mol. The second-order valence-corrected chi connectivity index (χ2v) is 7.68. The second kappa shape index (κ2) is 7.90. The van der Waals surface area contributed by atoms with Crippen molar-refractivity contribution in [2.24, 2.45) is 10.7 Å². The van der Waals surface area contributed by atoms with Crippen LogP contribution in [-0.2, 0) is 0 Å². The molecule has 0 radical (unpaired) electrons. The molecule has 0 aliphatic heterocycles. The van der Waals surface area contributed by atoms with Crippen LogP contribution in [0, 0.1) is 25.1 Å². The summed E-state index contributed by atoms with van der Waals surface area (Å²) in [6.45, 7) is 3.78. The van der Waals surface area contributed by atoms with Gasteiger partial charge in [0.1, 0.15) is 29.3 Å². The van der Waals surface area contributed by atoms with Crippen LogP contribution in [0.2, 0.25) is 0 Å². The summed E-state index contributed by atoms with van der Waals surface area (Å²) < 4.78 is 16.8. The third kappa shape index (κ3) is 3.41. The van der Waals surface area contributed by atoms with E-state index in [1.807, 2.05) is 42.7 Å². The van der Waals surface area contributed by atoms with Crippen LogP contribution >= 0.6 is 0 Å². The number of amidine groups is 1. The fraction of sp³-hybridized carbons (Fsp3) is 0.0800. The predicted octanol–water partition coefficient (Wildman–Crippen LogP) is 4.70. The van der Waals surface area contributed by atoms with Crippen LogP contribution in [0.1, 0.15) is 17.1 Å². The summed E-state index contributed by atoms with van der Waals surface area (Å²) in [4.78, 5) is 17.3. The first kappa shape index (κ1) is 20.4. The van der Waals surface area contributed by atoms with Gasteiger partial charge in [0, 0.05) is 23.7 Å². The first-order valence-corrected chi connectivity index (χ1v) is 10.3. The van der Waals surface area contributed by atoms with E-state index in [0.717, 1.165) is 28.7 Å². The average molecular weight is 437 g/mol. The number of benzene rings is 2. The third-order valence-corrected chi connectivity index (χ3v) is 5.57. The van der Waals surface area contributed by atoms with Gasteiger partial charge in [-0.3, -0.25) is 19.9 Å². The van der Waals surface area contributed by atoms with Crippen molar-refractivity contribution >= 4 is 34.1 Å². The van der Waals surface area contributed by atoms with E-state index >= 15 is 0 Å². The van der Waals surface area contributed by atoms with Gasteiger partial charge in [-0.2, -0.15) is 0 Å². The Morgan fingerprint density at radius 1 is 1.06 bits per heavy atom. The summed E-state index contributed by atoms with van der Waals surface area (Å²) >= 11 is 0. The van der Waals surface area contributed by atoms with Crippen molar-refractivity contribution in [2.45, 2.75) is 13.8 Å². The van der Waals surface area contributed by atoms with E-state index in [1.165, 1.54) is 6.07 Å². The lowest BCUT2D eigenvalue weighted by Crippen LogP contribution is -2.14. The molecule has 0 saturated heterocycles. The highest BCUT2D eigenvalue weighted by molar-refractivity contribution is 6.11. The number of rotatable bonds is 4. The van der Waals surface area contributed by atoms with E-state index in [-0.39, 0.29) is 11.7 Å². The number of halogens is 1. The largest absolute Gasteiger partial charge is 0.383 e. The molecule has 0 bridgehead atoms. The van der Waals surface area contributed by atoms with Crippen LogP contribution in [0.25, 0.3) is 38.8 Å². The summed E-state index contributed by atoms with van der Waals surface area (Å²) in [5, 5.41) is 7.77. The van der Waals surface area contributed by atoms with Crippen LogP contribution in [-0.4, -0.2) is 31.7 Å². The molecule has 3 N–H and O–H groups in total. The molecule has 0 fully saturated rings.